The fraction of sp³-hybridized carbons (Fsp3) is 0.429. The molecule has 3 atom stereocenters. The maximum Gasteiger partial charge on any atom is 0.408 e. The number of nitrogens with zero attached hydrogens (tertiary/aromatic N) is 6. The van der Waals surface area contributed by atoms with Gasteiger partial charge in [-0.3, -0.25) is 0 Å². The van der Waals surface area contributed by atoms with Gasteiger partial charge in [0.15, 0.2) is 0 Å². The van der Waals surface area contributed by atoms with Crippen LogP contribution in [0.3, 0.4) is 0 Å². The molecule has 13 heteroatoms. The second-order valence-corrected chi connectivity index (χ2v) is 9.25. The van der Waals surface area contributed by atoms with Crippen molar-refractivity contribution in [1.82, 2.24) is 24.7 Å². The molecule has 34 heavy (non-hydrogen) atoms. The predicted molar refractivity (Wildman–Crippen MR) is 120 cm³/mol. The molecule has 3 heterocycles. The Balaban J connectivity index is 1.34. The van der Waals surface area contributed by atoms with Crippen LogP contribution in [0.15, 0.2) is 36.7 Å². The summed E-state index contributed by atoms with van der Waals surface area (Å²) in [5, 5.41) is 8.10. The first kappa shape index (κ1) is 23.0. The van der Waals surface area contributed by atoms with Gasteiger partial charge in [-0.05, 0) is 42.9 Å². The lowest BCUT2D eigenvalue weighted by Crippen LogP contribution is -2.48. The van der Waals surface area contributed by atoms with Crippen LogP contribution in [-0.2, 0) is 6.54 Å². The molecule has 1 saturated heterocycles. The fourth-order valence-electron chi connectivity index (χ4n) is 4.66. The maximum absolute atomic E-state index is 13.1. The van der Waals surface area contributed by atoms with E-state index >= 15 is 0 Å². The number of alkyl halides is 3. The predicted octanol–water partition coefficient (Wildman–Crippen LogP) is 5.06. The van der Waals surface area contributed by atoms with Gasteiger partial charge in [-0.25, -0.2) is 14.6 Å². The molecule has 0 amide bonds. The maximum atomic E-state index is 13.1. The van der Waals surface area contributed by atoms with Crippen LogP contribution in [0.2, 0.25) is 10.2 Å². The number of fused-ring (bicyclic) bond motifs is 2. The first-order chi connectivity index (χ1) is 16.2. The fourth-order valence-corrected chi connectivity index (χ4v) is 4.99. The Morgan fingerprint density at radius 3 is 2.53 bits per heavy atom. The molecule has 3 aromatic rings. The summed E-state index contributed by atoms with van der Waals surface area (Å²) in [6.07, 6.45) is -1.09. The van der Waals surface area contributed by atoms with Crippen LogP contribution in [0, 0.1) is 11.8 Å². The second kappa shape index (κ2) is 9.10. The number of piperidine rings is 1. The van der Waals surface area contributed by atoms with E-state index in [2.05, 4.69) is 30.3 Å². The highest BCUT2D eigenvalue weighted by molar-refractivity contribution is 6.30. The topological polar surface area (TPSA) is 81.0 Å². The molecule has 2 fully saturated rings. The molecule has 1 aliphatic heterocycles. The summed E-state index contributed by atoms with van der Waals surface area (Å²) in [7, 11) is 0. The van der Waals surface area contributed by atoms with Crippen LogP contribution in [0.25, 0.3) is 0 Å². The molecular weight excluding hydrogens is 494 g/mol. The van der Waals surface area contributed by atoms with Gasteiger partial charge in [-0.15, -0.1) is 5.10 Å². The minimum Gasteiger partial charge on any atom is -0.424 e. The number of benzene rings is 1. The third-order valence-electron chi connectivity index (χ3n) is 6.04. The van der Waals surface area contributed by atoms with Crippen LogP contribution < -0.4 is 15.0 Å². The van der Waals surface area contributed by atoms with Crippen molar-refractivity contribution in [3.8, 4) is 11.8 Å². The Labute approximate surface area is 203 Å². The standard InChI is InChI=1S/C21H20Cl2F3N7O/c22-14-2-1-3-15(6-14)34-20-30-19(31-33(20)10-21(24,25)26)29-18-12-4-5-13(18)9-32(8-12)17-7-16(23)27-11-28-17/h1-3,6-7,11-13,18H,4-5,8-10H2,(H,29,31)/t12-,13+,18?. The monoisotopic (exact) mass is 513 g/mol. The molecule has 1 aromatic carbocycles. The van der Waals surface area contributed by atoms with Gasteiger partial charge in [0.05, 0.1) is 0 Å². The molecule has 1 aliphatic carbocycles. The molecule has 0 spiro atoms. The van der Waals surface area contributed by atoms with Crippen molar-refractivity contribution in [3.05, 3.63) is 46.8 Å². The van der Waals surface area contributed by atoms with Crippen LogP contribution in [-0.4, -0.2) is 50.0 Å². The van der Waals surface area contributed by atoms with Gasteiger partial charge in [-0.1, -0.05) is 29.3 Å². The van der Waals surface area contributed by atoms with Crippen molar-refractivity contribution >= 4 is 35.0 Å². The first-order valence-corrected chi connectivity index (χ1v) is 11.4. The third-order valence-corrected chi connectivity index (χ3v) is 6.49. The highest BCUT2D eigenvalue weighted by Gasteiger charge is 2.43. The summed E-state index contributed by atoms with van der Waals surface area (Å²) >= 11 is 12.0. The zero-order valence-electron chi connectivity index (χ0n) is 17.7. The Kier molecular flexibility index (Phi) is 6.15. The van der Waals surface area contributed by atoms with Crippen molar-refractivity contribution < 1.29 is 17.9 Å². The summed E-state index contributed by atoms with van der Waals surface area (Å²) in [4.78, 5) is 14.6. The van der Waals surface area contributed by atoms with E-state index in [1.807, 2.05) is 0 Å². The largest absolute Gasteiger partial charge is 0.424 e. The summed E-state index contributed by atoms with van der Waals surface area (Å²) < 4.78 is 45.7. The zero-order valence-corrected chi connectivity index (χ0v) is 19.2. The van der Waals surface area contributed by atoms with E-state index < -0.39 is 12.7 Å². The van der Waals surface area contributed by atoms with Crippen molar-refractivity contribution in [2.24, 2.45) is 11.8 Å². The lowest BCUT2D eigenvalue weighted by Gasteiger charge is -2.38. The highest BCUT2D eigenvalue weighted by atomic mass is 35.5. The Hall–Kier alpha value is -2.79. The van der Waals surface area contributed by atoms with Crippen molar-refractivity contribution in [2.45, 2.75) is 31.6 Å². The number of ether oxygens (including phenoxy) is 1. The molecular formula is C21H20Cl2F3N7O. The summed E-state index contributed by atoms with van der Waals surface area (Å²) in [5.41, 5.74) is 0. The van der Waals surface area contributed by atoms with Gasteiger partial charge in [0.2, 0.25) is 5.95 Å². The Bertz CT molecular complexity index is 1160. The number of anilines is 2. The number of hydrogen-bond donors (Lipinski definition) is 1. The third kappa shape index (κ3) is 5.15. The molecule has 0 radical (unpaired) electrons. The number of aromatic nitrogens is 5. The molecule has 8 nitrogen and oxygen atoms in total. The Morgan fingerprint density at radius 1 is 1.09 bits per heavy atom. The van der Waals surface area contributed by atoms with Gasteiger partial charge >= 0.3 is 12.2 Å². The molecule has 2 aromatic heterocycles. The number of hydrogen-bond acceptors (Lipinski definition) is 7. The van der Waals surface area contributed by atoms with E-state index in [4.69, 9.17) is 27.9 Å². The SMILES string of the molecule is FC(F)(F)Cn1nc(NC2[C@@H]3CC[C@H]2CN(c2cc(Cl)ncn2)C3)nc1Oc1cccc(Cl)c1. The molecule has 1 saturated carbocycles. The molecule has 1 N–H and O–H groups in total. The molecule has 2 aliphatic rings. The quantitative estimate of drug-likeness (QED) is 0.461. The molecule has 2 bridgehead atoms. The summed E-state index contributed by atoms with van der Waals surface area (Å²) in [5.74, 6) is 1.63. The lowest BCUT2D eigenvalue weighted by molar-refractivity contribution is -0.143. The number of rotatable bonds is 6. The van der Waals surface area contributed by atoms with E-state index in [0.29, 0.717) is 14.9 Å². The summed E-state index contributed by atoms with van der Waals surface area (Å²) in [6, 6.07) is 7.85. The van der Waals surface area contributed by atoms with Crippen LogP contribution >= 0.6 is 23.2 Å². The van der Waals surface area contributed by atoms with Gasteiger partial charge < -0.3 is 15.0 Å². The van der Waals surface area contributed by atoms with Crippen molar-refractivity contribution in [1.29, 1.82) is 0 Å². The van der Waals surface area contributed by atoms with Crippen molar-refractivity contribution in [3.63, 3.8) is 0 Å². The van der Waals surface area contributed by atoms with E-state index in [1.54, 1.807) is 24.3 Å². The van der Waals surface area contributed by atoms with E-state index in [-0.39, 0.29) is 35.6 Å². The van der Waals surface area contributed by atoms with Crippen LogP contribution in [0.4, 0.5) is 24.9 Å². The average Bonchev–Trinajstić information content (AvgIpc) is 3.21. The van der Waals surface area contributed by atoms with Gasteiger partial charge in [0.1, 0.15) is 29.6 Å². The minimum absolute atomic E-state index is 0.0225. The van der Waals surface area contributed by atoms with Crippen LogP contribution in [0.5, 0.6) is 11.8 Å². The van der Waals surface area contributed by atoms with Crippen LogP contribution in [0.1, 0.15) is 12.8 Å². The van der Waals surface area contributed by atoms with Gasteiger partial charge in [0, 0.05) is 30.2 Å². The van der Waals surface area contributed by atoms with E-state index in [1.165, 1.54) is 12.4 Å². The minimum atomic E-state index is -4.49. The average molecular weight is 514 g/mol. The van der Waals surface area contributed by atoms with E-state index in [9.17, 15) is 13.2 Å². The smallest absolute Gasteiger partial charge is 0.408 e. The van der Waals surface area contributed by atoms with Crippen molar-refractivity contribution in [2.75, 3.05) is 23.3 Å². The lowest BCUT2D eigenvalue weighted by atomic mass is 9.92. The van der Waals surface area contributed by atoms with Gasteiger partial charge in [0.25, 0.3) is 0 Å². The Morgan fingerprint density at radius 2 is 1.85 bits per heavy atom. The first-order valence-electron chi connectivity index (χ1n) is 10.7. The zero-order chi connectivity index (χ0) is 23.9. The van der Waals surface area contributed by atoms with Gasteiger partial charge in [-0.2, -0.15) is 18.2 Å². The number of halogens is 5. The highest BCUT2D eigenvalue weighted by Crippen LogP contribution is 2.40. The summed E-state index contributed by atoms with van der Waals surface area (Å²) in [6.45, 7) is 0.143. The second-order valence-electron chi connectivity index (χ2n) is 8.42. The normalized spacial score (nSPS) is 22.1. The molecule has 5 rings (SSSR count). The number of nitrogens with one attached hydrogen (secondary N) is 1. The van der Waals surface area contributed by atoms with E-state index in [0.717, 1.165) is 31.7 Å². The molecule has 180 valence electrons. The molecule has 1 unspecified atom stereocenters.